The Bertz CT molecular complexity index is 616. The first-order valence-electron chi connectivity index (χ1n) is 3.86. The summed E-state index contributed by atoms with van der Waals surface area (Å²) in [7, 11) is -17.5. The summed E-state index contributed by atoms with van der Waals surface area (Å²) in [5.74, 6) is 0. The summed E-state index contributed by atoms with van der Waals surface area (Å²) >= 11 is 0. The van der Waals surface area contributed by atoms with E-state index < -0.39 is 46.9 Å². The Morgan fingerprint density at radius 2 is 0.433 bits per heavy atom. The minimum atomic E-state index is -5.84. The van der Waals surface area contributed by atoms with Crippen molar-refractivity contribution in [3.05, 3.63) is 0 Å². The standard InChI is InChI=1S/3CHF3O3S.5H3N.Os/c3*2-1(3,4)8(5,6)7;;;;;;/h3*(H,5,6,7);5*1H3;. The van der Waals surface area contributed by atoms with Crippen LogP contribution in [-0.4, -0.2) is 55.4 Å². The Hall–Kier alpha value is -0.464. The van der Waals surface area contributed by atoms with Crippen LogP contribution in [0.15, 0.2) is 0 Å². The number of hydrogen-bond acceptors (Lipinski definition) is 11. The molecule has 0 amide bonds. The van der Waals surface area contributed by atoms with E-state index in [2.05, 4.69) is 0 Å². The summed E-state index contributed by atoms with van der Waals surface area (Å²) in [4.78, 5) is 0. The number of hydrogen-bond donors (Lipinski definition) is 8. The largest absolute Gasteiger partial charge is 0.522 e. The molecule has 198 valence electrons. The fourth-order valence-corrected chi connectivity index (χ4v) is 0. The van der Waals surface area contributed by atoms with Gasteiger partial charge in [-0.25, -0.2) is 0 Å². The van der Waals surface area contributed by atoms with E-state index in [-0.39, 0.29) is 50.5 Å². The average molecular weight is 726 g/mol. The van der Waals surface area contributed by atoms with Crippen LogP contribution in [0.3, 0.4) is 0 Å². The minimum absolute atomic E-state index is 0. The fourth-order valence-electron chi connectivity index (χ4n) is 0. The number of rotatable bonds is 0. The van der Waals surface area contributed by atoms with Crippen LogP contribution in [0.4, 0.5) is 39.5 Å². The molecule has 0 aliphatic carbocycles. The summed E-state index contributed by atoms with van der Waals surface area (Å²) in [5, 5.41) is 0. The molecular weight excluding hydrogens is 707 g/mol. The predicted octanol–water partition coefficient (Wildman–Crippen LogP) is 1.99. The van der Waals surface area contributed by atoms with Gasteiger partial charge < -0.3 is 30.8 Å². The zero-order valence-corrected chi connectivity index (χ0v) is 18.8. The van der Waals surface area contributed by atoms with Gasteiger partial charge in [0, 0.05) is 19.8 Å². The molecule has 0 aromatic carbocycles. The van der Waals surface area contributed by atoms with Gasteiger partial charge in [0.15, 0.2) is 0 Å². The van der Waals surface area contributed by atoms with Crippen LogP contribution >= 0.6 is 0 Å². The normalized spacial score (nSPS) is 11.2. The van der Waals surface area contributed by atoms with Crippen molar-refractivity contribution < 1.29 is 98.2 Å². The van der Waals surface area contributed by atoms with Gasteiger partial charge in [0.25, 0.3) is 0 Å². The molecule has 0 unspecified atom stereocenters. The SMILES string of the molecule is N.N.N.N.N.O=S(=O)(O)C(F)(F)F.O=S(=O)(O)C(F)(F)F.O=S(=O)(O)C(F)(F)F.[Os]. The van der Waals surface area contributed by atoms with Gasteiger partial charge in [-0.05, 0) is 0 Å². The van der Waals surface area contributed by atoms with Crippen LogP contribution < -0.4 is 30.8 Å². The Balaban J connectivity index is -0.0000000286. The van der Waals surface area contributed by atoms with Crippen molar-refractivity contribution in [1.82, 2.24) is 30.8 Å². The smallest absolute Gasteiger partial charge is 0.344 e. The average Bonchev–Trinajstić information content (AvgIpc) is 2.08. The molecule has 0 spiro atoms. The topological polar surface area (TPSA) is 338 Å². The Morgan fingerprint density at radius 1 is 0.400 bits per heavy atom. The van der Waals surface area contributed by atoms with E-state index in [1.165, 1.54) is 0 Å². The monoisotopic (exact) mass is 727 g/mol. The summed E-state index contributed by atoms with van der Waals surface area (Å²) in [5.41, 5.74) is -16.6. The molecule has 0 aromatic heterocycles. The predicted molar refractivity (Wildman–Crippen MR) is 77.9 cm³/mol. The molecule has 0 saturated heterocycles. The molecule has 27 heteroatoms. The van der Waals surface area contributed by atoms with Crippen molar-refractivity contribution in [2.24, 2.45) is 0 Å². The molecular formula is C3H18F9N5O9OsS3. The van der Waals surface area contributed by atoms with Crippen molar-refractivity contribution in [3.63, 3.8) is 0 Å². The third kappa shape index (κ3) is 27.5. The maximum Gasteiger partial charge on any atom is 0.522 e. The van der Waals surface area contributed by atoms with Crippen LogP contribution in [-0.2, 0) is 50.1 Å². The Kier molecular flexibility index (Phi) is 32.6. The number of alkyl halides is 9. The molecule has 0 aromatic rings. The molecule has 0 radical (unpaired) electrons. The van der Waals surface area contributed by atoms with Crippen molar-refractivity contribution in [2.45, 2.75) is 16.5 Å². The summed E-state index contributed by atoms with van der Waals surface area (Å²) in [6.07, 6.45) is 0. The van der Waals surface area contributed by atoms with E-state index in [9.17, 15) is 39.5 Å². The zero-order valence-electron chi connectivity index (χ0n) is 13.8. The van der Waals surface area contributed by atoms with Crippen LogP contribution in [0.1, 0.15) is 0 Å². The van der Waals surface area contributed by atoms with Gasteiger partial charge in [-0.15, -0.1) is 0 Å². The van der Waals surface area contributed by atoms with E-state index >= 15 is 0 Å². The third-order valence-corrected chi connectivity index (χ3v) is 2.63. The molecule has 0 aliphatic rings. The van der Waals surface area contributed by atoms with E-state index in [4.69, 9.17) is 38.9 Å². The third-order valence-electron chi connectivity index (χ3n) is 0.877. The zero-order chi connectivity index (χ0) is 21.0. The molecule has 0 rings (SSSR count). The maximum absolute atomic E-state index is 10.7. The second-order valence-corrected chi connectivity index (χ2v) is 7.00. The van der Waals surface area contributed by atoms with Gasteiger partial charge in [0.05, 0.1) is 0 Å². The number of halogens is 9. The summed E-state index contributed by atoms with van der Waals surface area (Å²) in [6.45, 7) is 0. The van der Waals surface area contributed by atoms with E-state index in [1.807, 2.05) is 0 Å². The van der Waals surface area contributed by atoms with Crippen LogP contribution in [0, 0.1) is 0 Å². The van der Waals surface area contributed by atoms with Crippen LogP contribution in [0.2, 0.25) is 0 Å². The molecule has 0 fully saturated rings. The van der Waals surface area contributed by atoms with Gasteiger partial charge in [-0.1, -0.05) is 0 Å². The van der Waals surface area contributed by atoms with Gasteiger partial charge in [-0.3, -0.25) is 13.7 Å². The van der Waals surface area contributed by atoms with Crippen LogP contribution in [0.25, 0.3) is 0 Å². The molecule has 0 atom stereocenters. The first-order valence-corrected chi connectivity index (χ1v) is 8.18. The molecule has 0 heterocycles. The second-order valence-electron chi connectivity index (χ2n) is 2.76. The molecule has 18 N–H and O–H groups in total. The van der Waals surface area contributed by atoms with Crippen LogP contribution in [0.5, 0.6) is 0 Å². The fraction of sp³-hybridized carbons (Fsp3) is 1.00. The first kappa shape index (κ1) is 57.0. The van der Waals surface area contributed by atoms with Crippen molar-refractivity contribution in [3.8, 4) is 0 Å². The van der Waals surface area contributed by atoms with Crippen molar-refractivity contribution in [2.75, 3.05) is 0 Å². The molecule has 30 heavy (non-hydrogen) atoms. The maximum atomic E-state index is 10.7. The first-order chi connectivity index (χ1) is 9.75. The van der Waals surface area contributed by atoms with Gasteiger partial charge in [-0.2, -0.15) is 64.8 Å². The van der Waals surface area contributed by atoms with Gasteiger partial charge in [0.1, 0.15) is 0 Å². The second kappa shape index (κ2) is 17.1. The Morgan fingerprint density at radius 3 is 0.433 bits per heavy atom. The molecule has 0 saturated carbocycles. The summed E-state index contributed by atoms with van der Waals surface area (Å²) in [6, 6.07) is 0. The molecule has 14 nitrogen and oxygen atoms in total. The van der Waals surface area contributed by atoms with E-state index in [1.54, 1.807) is 0 Å². The Labute approximate surface area is 176 Å². The van der Waals surface area contributed by atoms with Crippen molar-refractivity contribution in [1.29, 1.82) is 0 Å². The van der Waals surface area contributed by atoms with E-state index in [0.29, 0.717) is 0 Å². The molecule has 0 aliphatic heterocycles. The van der Waals surface area contributed by atoms with Gasteiger partial charge in [0.2, 0.25) is 0 Å². The quantitative estimate of drug-likeness (QED) is 0.101. The minimum Gasteiger partial charge on any atom is -0.344 e. The van der Waals surface area contributed by atoms with Gasteiger partial charge >= 0.3 is 46.9 Å². The van der Waals surface area contributed by atoms with E-state index in [0.717, 1.165) is 0 Å². The summed E-state index contributed by atoms with van der Waals surface area (Å²) < 4.78 is 173. The van der Waals surface area contributed by atoms with Crippen molar-refractivity contribution >= 4 is 30.4 Å². The molecule has 0 bridgehead atoms.